The predicted molar refractivity (Wildman–Crippen MR) is 105 cm³/mol. The number of benzene rings is 2. The number of furan rings is 1. The molecule has 25 heavy (non-hydrogen) atoms. The van der Waals surface area contributed by atoms with Crippen LogP contribution in [0.15, 0.2) is 52.9 Å². The highest BCUT2D eigenvalue weighted by molar-refractivity contribution is 6.01. The van der Waals surface area contributed by atoms with Gasteiger partial charge in [0.05, 0.1) is 12.8 Å². The Hall–Kier alpha value is -2.17. The fraction of sp³-hybridized carbons (Fsp3) is 0.300. The molecule has 4 nitrogen and oxygen atoms in total. The molecule has 0 saturated carbocycles. The maximum atomic E-state index is 6.31. The molecule has 0 amide bonds. The number of para-hydroxylation sites is 1. The van der Waals surface area contributed by atoms with Gasteiger partial charge in [0.25, 0.3) is 0 Å². The van der Waals surface area contributed by atoms with Crippen molar-refractivity contribution in [2.45, 2.75) is 0 Å². The lowest BCUT2D eigenvalue weighted by Crippen LogP contribution is -2.44. The summed E-state index contributed by atoms with van der Waals surface area (Å²) in [6.07, 6.45) is 0. The molecule has 0 bridgehead atoms. The number of rotatable bonds is 3. The number of piperazine rings is 1. The number of halogens is 1. The second-order valence-corrected chi connectivity index (χ2v) is 6.27. The summed E-state index contributed by atoms with van der Waals surface area (Å²) < 4.78 is 11.8. The smallest absolute Gasteiger partial charge is 0.178 e. The van der Waals surface area contributed by atoms with Crippen molar-refractivity contribution in [2.75, 3.05) is 45.2 Å². The van der Waals surface area contributed by atoms with Gasteiger partial charge in [-0.1, -0.05) is 36.4 Å². The van der Waals surface area contributed by atoms with Crippen LogP contribution in [0.3, 0.4) is 0 Å². The average Bonchev–Trinajstić information content (AvgIpc) is 3.03. The molecule has 1 saturated heterocycles. The lowest BCUT2D eigenvalue weighted by Gasteiger charge is -2.34. The zero-order valence-corrected chi connectivity index (χ0v) is 15.4. The minimum Gasteiger partial charge on any atom is -0.493 e. The molecule has 0 unspecified atom stereocenters. The third-order valence-corrected chi connectivity index (χ3v) is 4.73. The third kappa shape index (κ3) is 3.20. The molecule has 5 heteroatoms. The summed E-state index contributed by atoms with van der Waals surface area (Å²) in [5, 5.41) is 1.12. The predicted octanol–water partition coefficient (Wildman–Crippen LogP) is 4.28. The average molecular weight is 359 g/mol. The van der Waals surface area contributed by atoms with Crippen molar-refractivity contribution >= 4 is 29.1 Å². The second-order valence-electron chi connectivity index (χ2n) is 6.27. The standard InChI is InChI=1S/C20H22N2O2.ClH/c1-21-11-13-22(14-12-21)18-16-9-6-10-17(23-2)20(16)24-19(18)15-7-4-3-5-8-15;/h3-10H,11-14H2,1-2H3;1H. The Morgan fingerprint density at radius 2 is 1.64 bits per heavy atom. The Morgan fingerprint density at radius 3 is 2.32 bits per heavy atom. The first-order chi connectivity index (χ1) is 11.8. The van der Waals surface area contributed by atoms with Gasteiger partial charge < -0.3 is 19.0 Å². The summed E-state index contributed by atoms with van der Waals surface area (Å²) in [4.78, 5) is 4.80. The van der Waals surface area contributed by atoms with E-state index in [9.17, 15) is 0 Å². The highest BCUT2D eigenvalue weighted by Crippen LogP contribution is 2.43. The van der Waals surface area contributed by atoms with Gasteiger partial charge in [0, 0.05) is 37.1 Å². The van der Waals surface area contributed by atoms with Gasteiger partial charge in [-0.3, -0.25) is 0 Å². The van der Waals surface area contributed by atoms with E-state index in [-0.39, 0.29) is 12.4 Å². The number of nitrogens with zero attached hydrogens (tertiary/aromatic N) is 2. The number of likely N-dealkylation sites (N-methyl/N-ethyl adjacent to an activating group) is 1. The molecule has 0 N–H and O–H groups in total. The Balaban J connectivity index is 0.00000182. The Bertz CT molecular complexity index is 840. The fourth-order valence-corrected chi connectivity index (χ4v) is 3.37. The van der Waals surface area contributed by atoms with Crippen LogP contribution in [-0.4, -0.2) is 45.2 Å². The molecule has 0 atom stereocenters. The molecule has 0 spiro atoms. The summed E-state index contributed by atoms with van der Waals surface area (Å²) in [6.45, 7) is 4.13. The lowest BCUT2D eigenvalue weighted by atomic mass is 10.1. The molecule has 4 rings (SSSR count). The Labute approximate surface area is 154 Å². The van der Waals surface area contributed by atoms with Gasteiger partial charge in [-0.15, -0.1) is 12.4 Å². The van der Waals surface area contributed by atoms with E-state index < -0.39 is 0 Å². The van der Waals surface area contributed by atoms with Crippen LogP contribution in [0.5, 0.6) is 5.75 Å². The summed E-state index contributed by atoms with van der Waals surface area (Å²) in [7, 11) is 3.86. The number of hydrogen-bond acceptors (Lipinski definition) is 4. The van der Waals surface area contributed by atoms with Crippen molar-refractivity contribution in [2.24, 2.45) is 0 Å². The maximum absolute atomic E-state index is 6.31. The molecule has 0 radical (unpaired) electrons. The van der Waals surface area contributed by atoms with Gasteiger partial charge in [-0.25, -0.2) is 0 Å². The van der Waals surface area contributed by atoms with Crippen LogP contribution in [0.2, 0.25) is 0 Å². The molecule has 3 aromatic rings. The molecule has 0 aliphatic carbocycles. The van der Waals surface area contributed by atoms with E-state index in [4.69, 9.17) is 9.15 Å². The van der Waals surface area contributed by atoms with E-state index in [1.165, 1.54) is 5.69 Å². The molecule has 132 valence electrons. The van der Waals surface area contributed by atoms with Gasteiger partial charge in [0.2, 0.25) is 0 Å². The van der Waals surface area contributed by atoms with E-state index in [1.807, 2.05) is 30.3 Å². The van der Waals surface area contributed by atoms with Gasteiger partial charge in [0.1, 0.15) is 0 Å². The van der Waals surface area contributed by atoms with Crippen LogP contribution >= 0.6 is 12.4 Å². The van der Waals surface area contributed by atoms with Crippen molar-refractivity contribution in [1.29, 1.82) is 0 Å². The number of hydrogen-bond donors (Lipinski definition) is 0. The van der Waals surface area contributed by atoms with Crippen molar-refractivity contribution < 1.29 is 9.15 Å². The van der Waals surface area contributed by atoms with E-state index in [0.717, 1.165) is 54.2 Å². The Morgan fingerprint density at radius 1 is 0.920 bits per heavy atom. The van der Waals surface area contributed by atoms with Crippen molar-refractivity contribution in [3.05, 3.63) is 48.5 Å². The largest absolute Gasteiger partial charge is 0.493 e. The molecule has 1 aliphatic rings. The molecule has 1 fully saturated rings. The van der Waals surface area contributed by atoms with Crippen LogP contribution in [0.25, 0.3) is 22.3 Å². The van der Waals surface area contributed by atoms with E-state index in [0.29, 0.717) is 0 Å². The Kier molecular flexibility index (Phi) is 5.21. The van der Waals surface area contributed by atoms with Gasteiger partial charge in [0.15, 0.2) is 17.1 Å². The zero-order chi connectivity index (χ0) is 16.5. The topological polar surface area (TPSA) is 28.9 Å². The van der Waals surface area contributed by atoms with Crippen LogP contribution in [0.1, 0.15) is 0 Å². The lowest BCUT2D eigenvalue weighted by molar-refractivity contribution is 0.313. The number of fused-ring (bicyclic) bond motifs is 1. The second kappa shape index (κ2) is 7.38. The van der Waals surface area contributed by atoms with Crippen LogP contribution < -0.4 is 9.64 Å². The maximum Gasteiger partial charge on any atom is 0.178 e. The number of methoxy groups -OCH3 is 1. The minimum atomic E-state index is 0. The first-order valence-electron chi connectivity index (χ1n) is 8.36. The van der Waals surface area contributed by atoms with Gasteiger partial charge >= 0.3 is 0 Å². The fourth-order valence-electron chi connectivity index (χ4n) is 3.37. The summed E-state index contributed by atoms with van der Waals surface area (Å²) in [5.41, 5.74) is 3.11. The SMILES string of the molecule is COc1cccc2c(N3CCN(C)CC3)c(-c3ccccc3)oc12.Cl. The van der Waals surface area contributed by atoms with Crippen LogP contribution in [0, 0.1) is 0 Å². The number of ether oxygens (including phenoxy) is 1. The van der Waals surface area contributed by atoms with Crippen molar-refractivity contribution in [3.8, 4) is 17.1 Å². The quantitative estimate of drug-likeness (QED) is 0.698. The van der Waals surface area contributed by atoms with Gasteiger partial charge in [-0.05, 0) is 19.2 Å². The molecule has 1 aliphatic heterocycles. The highest BCUT2D eigenvalue weighted by atomic mass is 35.5. The summed E-state index contributed by atoms with van der Waals surface area (Å²) in [5.74, 6) is 1.71. The van der Waals surface area contributed by atoms with Crippen molar-refractivity contribution in [1.82, 2.24) is 4.90 Å². The summed E-state index contributed by atoms with van der Waals surface area (Å²) >= 11 is 0. The third-order valence-electron chi connectivity index (χ3n) is 4.73. The first kappa shape index (κ1) is 17.6. The normalized spacial score (nSPS) is 15.2. The monoisotopic (exact) mass is 358 g/mol. The molecule has 1 aromatic heterocycles. The molecule has 2 aromatic carbocycles. The molecule has 2 heterocycles. The van der Waals surface area contributed by atoms with Crippen molar-refractivity contribution in [3.63, 3.8) is 0 Å². The van der Waals surface area contributed by atoms with Gasteiger partial charge in [-0.2, -0.15) is 0 Å². The molecular weight excluding hydrogens is 336 g/mol. The van der Waals surface area contributed by atoms with Crippen LogP contribution in [0.4, 0.5) is 5.69 Å². The van der Waals surface area contributed by atoms with E-state index >= 15 is 0 Å². The first-order valence-corrected chi connectivity index (χ1v) is 8.36. The highest BCUT2D eigenvalue weighted by Gasteiger charge is 2.25. The summed E-state index contributed by atoms with van der Waals surface area (Å²) in [6, 6.07) is 16.4. The minimum absolute atomic E-state index is 0. The number of anilines is 1. The van der Waals surface area contributed by atoms with E-state index in [2.05, 4.69) is 35.0 Å². The van der Waals surface area contributed by atoms with E-state index in [1.54, 1.807) is 7.11 Å². The molecular formula is C20H23ClN2O2. The zero-order valence-electron chi connectivity index (χ0n) is 14.6. The van der Waals surface area contributed by atoms with Crippen LogP contribution in [-0.2, 0) is 0 Å².